The van der Waals surface area contributed by atoms with Gasteiger partial charge in [0.15, 0.2) is 5.13 Å². The van der Waals surface area contributed by atoms with E-state index in [1.165, 1.54) is 17.5 Å². The lowest BCUT2D eigenvalue weighted by atomic mass is 10.6. The number of aromatic nitrogens is 1. The van der Waals surface area contributed by atoms with Gasteiger partial charge >= 0.3 is 0 Å². The third kappa shape index (κ3) is 2.77. The van der Waals surface area contributed by atoms with E-state index in [0.29, 0.717) is 9.47 Å². The number of amides is 1. The molecular weight excluding hydrogens is 198 g/mol. The molecule has 2 N–H and O–H groups in total. The number of nitrogens with one attached hydrogen (secondary N) is 2. The van der Waals surface area contributed by atoms with Crippen molar-refractivity contribution in [2.24, 2.45) is 0 Å². The Morgan fingerprint density at radius 3 is 3.08 bits per heavy atom. The van der Waals surface area contributed by atoms with Crippen LogP contribution in [0.1, 0.15) is 0 Å². The monoisotopic (exact) mass is 205 g/mol. The Hall–Kier alpha value is -0.650. The van der Waals surface area contributed by atoms with Gasteiger partial charge in [0.05, 0.1) is 12.7 Å². The van der Waals surface area contributed by atoms with Crippen molar-refractivity contribution in [3.8, 4) is 0 Å². The topological polar surface area (TPSA) is 54.0 Å². The molecule has 1 aromatic heterocycles. The van der Waals surface area contributed by atoms with E-state index in [2.05, 4.69) is 15.6 Å². The van der Waals surface area contributed by atoms with Crippen LogP contribution in [-0.4, -0.2) is 24.5 Å². The highest BCUT2D eigenvalue weighted by atomic mass is 35.5. The molecule has 0 saturated carbocycles. The molecular formula is C6H8ClN3OS. The summed E-state index contributed by atoms with van der Waals surface area (Å²) < 4.78 is 0.565. The van der Waals surface area contributed by atoms with Gasteiger partial charge in [-0.05, 0) is 7.05 Å². The van der Waals surface area contributed by atoms with Crippen LogP contribution < -0.4 is 10.6 Å². The van der Waals surface area contributed by atoms with E-state index in [1.807, 2.05) is 0 Å². The number of anilines is 1. The average Bonchev–Trinajstić information content (AvgIpc) is 2.36. The van der Waals surface area contributed by atoms with Crippen molar-refractivity contribution in [1.29, 1.82) is 0 Å². The minimum absolute atomic E-state index is 0.122. The summed E-state index contributed by atoms with van der Waals surface area (Å²) in [6.45, 7) is 0.275. The number of likely N-dealkylation sites (N-methyl/N-ethyl adjacent to an activating group) is 1. The van der Waals surface area contributed by atoms with E-state index in [0.717, 1.165) is 0 Å². The van der Waals surface area contributed by atoms with Gasteiger partial charge in [-0.1, -0.05) is 22.9 Å². The van der Waals surface area contributed by atoms with Crippen LogP contribution in [0.15, 0.2) is 6.20 Å². The van der Waals surface area contributed by atoms with Gasteiger partial charge in [-0.2, -0.15) is 0 Å². The second-order valence-electron chi connectivity index (χ2n) is 2.05. The maximum atomic E-state index is 11.0. The predicted octanol–water partition coefficient (Wildman–Crippen LogP) is 0.954. The lowest BCUT2D eigenvalue weighted by Crippen LogP contribution is -2.24. The lowest BCUT2D eigenvalue weighted by Gasteiger charge is -1.98. The minimum atomic E-state index is -0.122. The van der Waals surface area contributed by atoms with E-state index in [-0.39, 0.29) is 12.5 Å². The number of nitrogens with zero attached hydrogens (tertiary/aromatic N) is 1. The molecule has 0 aromatic carbocycles. The van der Waals surface area contributed by atoms with Crippen LogP contribution in [0.25, 0.3) is 0 Å². The van der Waals surface area contributed by atoms with E-state index in [1.54, 1.807) is 7.05 Å². The summed E-state index contributed by atoms with van der Waals surface area (Å²) in [4.78, 5) is 14.8. The molecule has 66 valence electrons. The van der Waals surface area contributed by atoms with Crippen molar-refractivity contribution in [2.45, 2.75) is 0 Å². The highest BCUT2D eigenvalue weighted by Gasteiger charge is 2.03. The summed E-state index contributed by atoms with van der Waals surface area (Å²) in [7, 11) is 1.70. The summed E-state index contributed by atoms with van der Waals surface area (Å²) in [6, 6.07) is 0. The molecule has 0 fully saturated rings. The Balaban J connectivity index is 2.46. The highest BCUT2D eigenvalue weighted by Crippen LogP contribution is 2.22. The zero-order valence-corrected chi connectivity index (χ0v) is 8.00. The second kappa shape index (κ2) is 4.39. The smallest absolute Gasteiger partial charge is 0.240 e. The largest absolute Gasteiger partial charge is 0.311 e. The Morgan fingerprint density at radius 1 is 1.83 bits per heavy atom. The number of rotatable bonds is 3. The van der Waals surface area contributed by atoms with E-state index in [9.17, 15) is 4.79 Å². The summed E-state index contributed by atoms with van der Waals surface area (Å²) in [6.07, 6.45) is 1.50. The molecule has 6 heteroatoms. The SMILES string of the molecule is CNCC(=O)Nc1ncc(Cl)s1. The fourth-order valence-electron chi connectivity index (χ4n) is 0.636. The quantitative estimate of drug-likeness (QED) is 0.773. The van der Waals surface area contributed by atoms with E-state index >= 15 is 0 Å². The Labute approximate surface area is 79.0 Å². The third-order valence-electron chi connectivity index (χ3n) is 1.06. The molecule has 1 amide bonds. The highest BCUT2D eigenvalue weighted by molar-refractivity contribution is 7.19. The summed E-state index contributed by atoms with van der Waals surface area (Å²) in [5.41, 5.74) is 0. The molecule has 0 spiro atoms. The van der Waals surface area contributed by atoms with Crippen LogP contribution in [-0.2, 0) is 4.79 Å². The van der Waals surface area contributed by atoms with E-state index < -0.39 is 0 Å². The molecule has 12 heavy (non-hydrogen) atoms. The van der Waals surface area contributed by atoms with Crippen LogP contribution in [0.5, 0.6) is 0 Å². The molecule has 0 unspecified atom stereocenters. The number of thiazole rings is 1. The Kier molecular flexibility index (Phi) is 3.46. The van der Waals surface area contributed by atoms with Crippen molar-refractivity contribution in [1.82, 2.24) is 10.3 Å². The first-order valence-corrected chi connectivity index (χ1v) is 4.47. The van der Waals surface area contributed by atoms with E-state index in [4.69, 9.17) is 11.6 Å². The summed E-state index contributed by atoms with van der Waals surface area (Å²) in [5, 5.41) is 5.84. The van der Waals surface area contributed by atoms with Gasteiger partial charge in [0.1, 0.15) is 4.34 Å². The first-order valence-electron chi connectivity index (χ1n) is 3.28. The predicted molar refractivity (Wildman–Crippen MR) is 49.7 cm³/mol. The molecule has 0 radical (unpaired) electrons. The molecule has 1 rings (SSSR count). The molecule has 1 aromatic rings. The van der Waals surface area contributed by atoms with Crippen LogP contribution >= 0.6 is 22.9 Å². The fraction of sp³-hybridized carbons (Fsp3) is 0.333. The number of halogens is 1. The normalized spacial score (nSPS) is 9.83. The molecule has 0 atom stereocenters. The minimum Gasteiger partial charge on any atom is -0.311 e. The van der Waals surface area contributed by atoms with Gasteiger partial charge in [0.2, 0.25) is 5.91 Å². The van der Waals surface area contributed by atoms with Crippen LogP contribution in [0, 0.1) is 0 Å². The van der Waals surface area contributed by atoms with Crippen molar-refractivity contribution >= 4 is 34.0 Å². The number of hydrogen-bond acceptors (Lipinski definition) is 4. The average molecular weight is 206 g/mol. The first-order chi connectivity index (χ1) is 5.72. The zero-order valence-electron chi connectivity index (χ0n) is 6.43. The summed E-state index contributed by atoms with van der Waals surface area (Å²) in [5.74, 6) is -0.122. The molecule has 0 aliphatic heterocycles. The second-order valence-corrected chi connectivity index (χ2v) is 3.71. The van der Waals surface area contributed by atoms with Gasteiger partial charge in [-0.25, -0.2) is 4.98 Å². The van der Waals surface area contributed by atoms with Crippen LogP contribution in [0.3, 0.4) is 0 Å². The molecule has 0 bridgehead atoms. The first kappa shape index (κ1) is 9.44. The van der Waals surface area contributed by atoms with Crippen molar-refractivity contribution in [2.75, 3.05) is 18.9 Å². The number of hydrogen-bond donors (Lipinski definition) is 2. The maximum absolute atomic E-state index is 11.0. The van der Waals surface area contributed by atoms with Gasteiger partial charge < -0.3 is 10.6 Å². The molecule has 4 nitrogen and oxygen atoms in total. The van der Waals surface area contributed by atoms with Gasteiger partial charge in [0, 0.05) is 0 Å². The standard InChI is InChI=1S/C6H8ClN3OS/c1-8-3-5(11)10-6-9-2-4(7)12-6/h2,8H,3H2,1H3,(H,9,10,11). The van der Waals surface area contributed by atoms with Crippen LogP contribution in [0.2, 0.25) is 4.34 Å². The Morgan fingerprint density at radius 2 is 2.58 bits per heavy atom. The van der Waals surface area contributed by atoms with Gasteiger partial charge in [0.25, 0.3) is 0 Å². The molecule has 1 heterocycles. The molecule has 0 aliphatic rings. The maximum Gasteiger partial charge on any atom is 0.240 e. The van der Waals surface area contributed by atoms with Gasteiger partial charge in [-0.3, -0.25) is 4.79 Å². The van der Waals surface area contributed by atoms with Gasteiger partial charge in [-0.15, -0.1) is 0 Å². The third-order valence-corrected chi connectivity index (χ3v) is 2.09. The summed E-state index contributed by atoms with van der Waals surface area (Å²) >= 11 is 6.85. The molecule has 0 saturated heterocycles. The van der Waals surface area contributed by atoms with Crippen molar-refractivity contribution in [3.05, 3.63) is 10.5 Å². The van der Waals surface area contributed by atoms with Crippen molar-refractivity contribution in [3.63, 3.8) is 0 Å². The fourth-order valence-corrected chi connectivity index (χ4v) is 1.46. The number of carbonyl (C=O) groups excluding carboxylic acids is 1. The lowest BCUT2D eigenvalue weighted by molar-refractivity contribution is -0.115. The Bertz CT molecular complexity index is 276. The number of carbonyl (C=O) groups is 1. The zero-order chi connectivity index (χ0) is 8.97. The van der Waals surface area contributed by atoms with Crippen LogP contribution in [0.4, 0.5) is 5.13 Å². The van der Waals surface area contributed by atoms with Crippen molar-refractivity contribution < 1.29 is 4.79 Å². The molecule has 0 aliphatic carbocycles.